The normalized spacial score (nSPS) is 10.7. The number of methoxy groups -OCH3 is 3. The van der Waals surface area contributed by atoms with Crippen LogP contribution in [-0.2, 0) is 0 Å². The van der Waals surface area contributed by atoms with Gasteiger partial charge < -0.3 is 24.3 Å². The number of carbonyl (C=O) groups excluding carboxylic acids is 3. The van der Waals surface area contributed by atoms with E-state index in [2.05, 4.69) is 31.8 Å². The van der Waals surface area contributed by atoms with Crippen LogP contribution in [0.3, 0.4) is 0 Å². The molecule has 2 N–H and O–H groups in total. The lowest BCUT2D eigenvalue weighted by Gasteiger charge is -2.15. The molecule has 0 heterocycles. The first-order chi connectivity index (χ1) is 21.1. The monoisotopic (exact) mass is 699 g/mol. The second kappa shape index (κ2) is 14.7. The van der Waals surface area contributed by atoms with E-state index in [0.717, 1.165) is 0 Å². The number of nitrogens with one attached hydrogen (secondary N) is 2. The van der Waals surface area contributed by atoms with Crippen LogP contribution in [0, 0.1) is 0 Å². The molecule has 0 spiro atoms. The standard InChI is InChI=1S/C31H24BrCl2N3O7/c1-41-26-13-17(14-27(42-2)28(26)43-3)29(38)36-24-7-5-4-6-22(24)30(39)37-35-16-18-12-19(32)8-11-25(18)44-31(40)21-10-9-20(33)15-23(21)34/h4-16H,1-3H3,(H,36,38)(H,37,39)/b35-16-. The number of nitrogens with zero attached hydrogens (tertiary/aromatic N) is 1. The van der Waals surface area contributed by atoms with Crippen molar-refractivity contribution in [3.8, 4) is 23.0 Å². The van der Waals surface area contributed by atoms with Crippen molar-refractivity contribution in [1.29, 1.82) is 0 Å². The van der Waals surface area contributed by atoms with E-state index in [0.29, 0.717) is 32.3 Å². The maximum Gasteiger partial charge on any atom is 0.345 e. The molecule has 0 aliphatic carbocycles. The predicted octanol–water partition coefficient (Wildman–Crippen LogP) is 7.02. The molecule has 0 atom stereocenters. The van der Waals surface area contributed by atoms with Gasteiger partial charge in [-0.1, -0.05) is 51.3 Å². The first-order valence-electron chi connectivity index (χ1n) is 12.7. The molecule has 0 saturated heterocycles. The van der Waals surface area contributed by atoms with Crippen LogP contribution in [0.2, 0.25) is 10.0 Å². The minimum absolute atomic E-state index is 0.125. The van der Waals surface area contributed by atoms with Crippen LogP contribution in [0.25, 0.3) is 0 Å². The van der Waals surface area contributed by atoms with Gasteiger partial charge in [0.15, 0.2) is 11.5 Å². The van der Waals surface area contributed by atoms with Crippen LogP contribution in [0.4, 0.5) is 5.69 Å². The molecular formula is C31H24BrCl2N3O7. The highest BCUT2D eigenvalue weighted by Gasteiger charge is 2.20. The Kier molecular flexibility index (Phi) is 10.8. The molecule has 0 bridgehead atoms. The average molecular weight is 701 g/mol. The fraction of sp³-hybridized carbons (Fsp3) is 0.0968. The third-order valence-electron chi connectivity index (χ3n) is 6.04. The Morgan fingerprint density at radius 3 is 2.16 bits per heavy atom. The van der Waals surface area contributed by atoms with Crippen molar-refractivity contribution in [2.45, 2.75) is 0 Å². The molecule has 4 aromatic rings. The van der Waals surface area contributed by atoms with Crippen LogP contribution in [0.15, 0.2) is 82.4 Å². The SMILES string of the molecule is COc1cc(C(=O)Nc2ccccc2C(=O)N/N=C\c2cc(Br)ccc2OC(=O)c2ccc(Cl)cc2Cl)cc(OC)c1OC. The van der Waals surface area contributed by atoms with E-state index in [4.69, 9.17) is 42.1 Å². The fourth-order valence-corrected chi connectivity index (χ4v) is 4.80. The van der Waals surface area contributed by atoms with E-state index >= 15 is 0 Å². The van der Waals surface area contributed by atoms with E-state index < -0.39 is 17.8 Å². The summed E-state index contributed by atoms with van der Waals surface area (Å²) in [5.74, 6) is -0.735. The Bertz CT molecular complexity index is 1740. The Morgan fingerprint density at radius 2 is 1.50 bits per heavy atom. The average Bonchev–Trinajstić information content (AvgIpc) is 3.01. The van der Waals surface area contributed by atoms with E-state index in [1.54, 1.807) is 36.4 Å². The van der Waals surface area contributed by atoms with Crippen LogP contribution in [-0.4, -0.2) is 45.3 Å². The molecule has 0 radical (unpaired) electrons. The summed E-state index contributed by atoms with van der Waals surface area (Å²) in [5.41, 5.74) is 3.52. The third-order valence-corrected chi connectivity index (χ3v) is 7.08. The molecule has 0 saturated carbocycles. The van der Waals surface area contributed by atoms with E-state index in [-0.39, 0.29) is 33.1 Å². The molecule has 44 heavy (non-hydrogen) atoms. The molecule has 10 nitrogen and oxygen atoms in total. The summed E-state index contributed by atoms with van der Waals surface area (Å²) in [6.07, 6.45) is 1.31. The van der Waals surface area contributed by atoms with Crippen molar-refractivity contribution < 1.29 is 33.3 Å². The summed E-state index contributed by atoms with van der Waals surface area (Å²) in [6.45, 7) is 0. The number of anilines is 1. The molecular weight excluding hydrogens is 677 g/mol. The van der Waals surface area contributed by atoms with Crippen molar-refractivity contribution in [3.05, 3.63) is 110 Å². The number of rotatable bonds is 10. The molecule has 0 aliphatic heterocycles. The van der Waals surface area contributed by atoms with Crippen LogP contribution < -0.4 is 29.7 Å². The number of esters is 1. The lowest BCUT2D eigenvalue weighted by molar-refractivity contribution is 0.0734. The van der Waals surface area contributed by atoms with E-state index in [1.807, 2.05) is 0 Å². The van der Waals surface area contributed by atoms with Gasteiger partial charge in [-0.15, -0.1) is 0 Å². The first-order valence-corrected chi connectivity index (χ1v) is 14.2. The van der Waals surface area contributed by atoms with Gasteiger partial charge in [0.2, 0.25) is 5.75 Å². The molecule has 0 unspecified atom stereocenters. The number of hydrogen-bond acceptors (Lipinski definition) is 8. The fourth-order valence-electron chi connectivity index (χ4n) is 3.94. The van der Waals surface area contributed by atoms with Gasteiger partial charge in [-0.2, -0.15) is 5.10 Å². The van der Waals surface area contributed by atoms with Crippen molar-refractivity contribution in [3.63, 3.8) is 0 Å². The minimum Gasteiger partial charge on any atom is -0.493 e. The van der Waals surface area contributed by atoms with Gasteiger partial charge in [0.25, 0.3) is 11.8 Å². The highest BCUT2D eigenvalue weighted by Crippen LogP contribution is 2.38. The highest BCUT2D eigenvalue weighted by molar-refractivity contribution is 9.10. The van der Waals surface area contributed by atoms with Gasteiger partial charge in [-0.25, -0.2) is 10.2 Å². The zero-order valence-electron chi connectivity index (χ0n) is 23.4. The highest BCUT2D eigenvalue weighted by atomic mass is 79.9. The second-order valence-electron chi connectivity index (χ2n) is 8.81. The second-order valence-corrected chi connectivity index (χ2v) is 10.6. The predicted molar refractivity (Wildman–Crippen MR) is 171 cm³/mol. The Hall–Kier alpha value is -4.58. The number of hydrazone groups is 1. The maximum atomic E-state index is 13.1. The molecule has 4 rings (SSSR count). The quantitative estimate of drug-likeness (QED) is 0.0789. The van der Waals surface area contributed by atoms with Crippen molar-refractivity contribution >= 4 is 68.8 Å². The van der Waals surface area contributed by atoms with Gasteiger partial charge >= 0.3 is 5.97 Å². The number of ether oxygens (including phenoxy) is 4. The number of halogens is 3. The lowest BCUT2D eigenvalue weighted by atomic mass is 10.1. The molecule has 4 aromatic carbocycles. The number of para-hydroxylation sites is 1. The summed E-state index contributed by atoms with van der Waals surface area (Å²) in [7, 11) is 4.34. The Labute approximate surface area is 271 Å². The Morgan fingerprint density at radius 1 is 0.795 bits per heavy atom. The zero-order chi connectivity index (χ0) is 31.8. The van der Waals surface area contributed by atoms with Crippen molar-refractivity contribution in [2.24, 2.45) is 5.10 Å². The number of benzene rings is 4. The topological polar surface area (TPSA) is 125 Å². The molecule has 2 amide bonds. The molecule has 226 valence electrons. The summed E-state index contributed by atoms with van der Waals surface area (Å²) in [5, 5.41) is 7.28. The van der Waals surface area contributed by atoms with Crippen molar-refractivity contribution in [2.75, 3.05) is 26.6 Å². The zero-order valence-corrected chi connectivity index (χ0v) is 26.5. The van der Waals surface area contributed by atoms with Gasteiger partial charge in [0, 0.05) is 20.6 Å². The molecule has 0 aromatic heterocycles. The van der Waals surface area contributed by atoms with Gasteiger partial charge in [0.1, 0.15) is 5.75 Å². The van der Waals surface area contributed by atoms with E-state index in [1.165, 1.54) is 63.9 Å². The molecule has 0 aliphatic rings. The largest absolute Gasteiger partial charge is 0.493 e. The summed E-state index contributed by atoms with van der Waals surface area (Å²) >= 11 is 15.4. The maximum absolute atomic E-state index is 13.1. The third kappa shape index (κ3) is 7.67. The summed E-state index contributed by atoms with van der Waals surface area (Å²) in [6, 6.07) is 18.7. The number of hydrogen-bond donors (Lipinski definition) is 2. The molecule has 13 heteroatoms. The van der Waals surface area contributed by atoms with E-state index in [9.17, 15) is 14.4 Å². The van der Waals surface area contributed by atoms with Crippen LogP contribution in [0.5, 0.6) is 23.0 Å². The van der Waals surface area contributed by atoms with Gasteiger partial charge in [0.05, 0.1) is 49.4 Å². The van der Waals surface area contributed by atoms with Gasteiger partial charge in [-0.05, 0) is 60.7 Å². The van der Waals surface area contributed by atoms with Crippen LogP contribution in [0.1, 0.15) is 36.6 Å². The summed E-state index contributed by atoms with van der Waals surface area (Å²) < 4.78 is 22.2. The number of amides is 2. The number of carbonyl (C=O) groups is 3. The van der Waals surface area contributed by atoms with Crippen LogP contribution >= 0.6 is 39.1 Å². The minimum atomic E-state index is -0.704. The molecule has 0 fully saturated rings. The van der Waals surface area contributed by atoms with Crippen molar-refractivity contribution in [1.82, 2.24) is 5.43 Å². The Balaban J connectivity index is 1.51. The lowest BCUT2D eigenvalue weighted by Crippen LogP contribution is -2.21. The summed E-state index contributed by atoms with van der Waals surface area (Å²) in [4.78, 5) is 39.0. The van der Waals surface area contributed by atoms with Gasteiger partial charge in [-0.3, -0.25) is 9.59 Å². The first kappa shape index (κ1) is 32.3. The smallest absolute Gasteiger partial charge is 0.345 e.